The van der Waals surface area contributed by atoms with Crippen LogP contribution in [0.25, 0.3) is 10.8 Å². The minimum absolute atomic E-state index is 0.0385. The molecule has 20 unspecified atom stereocenters. The number of phenols is 2. The van der Waals surface area contributed by atoms with Gasteiger partial charge in [-0.15, -0.1) is 0 Å². The molecule has 0 spiro atoms. The van der Waals surface area contributed by atoms with Gasteiger partial charge in [0.15, 0.2) is 30.4 Å². The van der Waals surface area contributed by atoms with Gasteiger partial charge in [-0.3, -0.25) is 9.59 Å². The van der Waals surface area contributed by atoms with Crippen LogP contribution in [-0.4, -0.2) is 197 Å². The maximum Gasteiger partial charge on any atom is 0.217 e. The zero-order chi connectivity index (χ0) is 49.1. The quantitative estimate of drug-likeness (QED) is 0.105. The third-order valence-electron chi connectivity index (χ3n) is 13.7. The summed E-state index contributed by atoms with van der Waals surface area (Å²) in [5.74, 6) is -6.88. The van der Waals surface area contributed by atoms with E-state index in [1.54, 1.807) is 13.8 Å². The van der Waals surface area contributed by atoms with Crippen molar-refractivity contribution in [2.24, 2.45) is 5.92 Å². The molecule has 1 aliphatic carbocycles. The maximum absolute atomic E-state index is 14.8. The van der Waals surface area contributed by atoms with Crippen LogP contribution in [0, 0.1) is 12.8 Å². The van der Waals surface area contributed by atoms with Crippen molar-refractivity contribution in [3.63, 3.8) is 0 Å². The molecule has 4 heterocycles. The number of benzene rings is 2. The van der Waals surface area contributed by atoms with Crippen LogP contribution in [0.4, 0.5) is 0 Å². The molecule has 7 rings (SSSR count). The number of ketones is 2. The fraction of sp³-hybridized carbons (Fsp3) is 0.733. The molecule has 67 heavy (non-hydrogen) atoms. The van der Waals surface area contributed by atoms with Crippen molar-refractivity contribution in [2.45, 2.75) is 196 Å². The summed E-state index contributed by atoms with van der Waals surface area (Å²) in [6.45, 7) is 8.66. The van der Waals surface area contributed by atoms with E-state index in [0.29, 0.717) is 0 Å². The number of rotatable bonds is 13. The lowest BCUT2D eigenvalue weighted by Gasteiger charge is -2.46. The molecule has 2 aromatic carbocycles. The number of aliphatic hydroxyl groups is 9. The summed E-state index contributed by atoms with van der Waals surface area (Å²) in [5, 5.41) is 119. The Morgan fingerprint density at radius 3 is 1.91 bits per heavy atom. The van der Waals surface area contributed by atoms with Gasteiger partial charge in [0.1, 0.15) is 66.1 Å². The molecule has 4 fully saturated rings. The zero-order valence-electron chi connectivity index (χ0n) is 38.1. The summed E-state index contributed by atoms with van der Waals surface area (Å²) >= 11 is 0. The van der Waals surface area contributed by atoms with Gasteiger partial charge in [-0.2, -0.15) is 0 Å². The lowest BCUT2D eigenvalue weighted by atomic mass is 9.75. The van der Waals surface area contributed by atoms with E-state index >= 15 is 0 Å². The molecular weight excluding hydrogens is 892 g/mol. The van der Waals surface area contributed by atoms with Gasteiger partial charge in [0.2, 0.25) is 12.1 Å². The molecular formula is C45H64O22. The second-order valence-corrected chi connectivity index (χ2v) is 18.5. The monoisotopic (exact) mass is 956 g/mol. The van der Waals surface area contributed by atoms with E-state index in [9.17, 15) is 65.8 Å². The molecule has 0 saturated carbocycles. The Morgan fingerprint density at radius 2 is 1.33 bits per heavy atom. The lowest BCUT2D eigenvalue weighted by Crippen LogP contribution is -2.62. The number of ether oxygens (including phenoxy) is 9. The van der Waals surface area contributed by atoms with Crippen LogP contribution in [-0.2, 0) is 49.1 Å². The molecule has 0 bridgehead atoms. The smallest absolute Gasteiger partial charge is 0.217 e. The zero-order valence-corrected chi connectivity index (χ0v) is 38.1. The van der Waals surface area contributed by atoms with Gasteiger partial charge in [-0.1, -0.05) is 0 Å². The van der Waals surface area contributed by atoms with Crippen LogP contribution >= 0.6 is 0 Å². The van der Waals surface area contributed by atoms with Crippen LogP contribution in [0.5, 0.6) is 17.2 Å². The van der Waals surface area contributed by atoms with E-state index in [0.717, 1.165) is 7.11 Å². The molecule has 11 N–H and O–H groups in total. The van der Waals surface area contributed by atoms with Gasteiger partial charge >= 0.3 is 0 Å². The van der Waals surface area contributed by atoms with Crippen molar-refractivity contribution in [1.82, 2.24) is 0 Å². The SMILES string of the molecule is COC(C(=O)C(O)C(C)O)C1Cc2cc3cc(OC4CC(OC5CC(O)C(O)C(C)O5)C(O)C(C)O4)c(C)c(O)c3c(O)c2C(=O)C1OC1CC(OC2CC(O)C(O)C(C)O2)C(O)(O)C(C)O1. The Kier molecular flexibility index (Phi) is 15.6. The lowest BCUT2D eigenvalue weighted by molar-refractivity contribution is -0.384. The predicted octanol–water partition coefficient (Wildman–Crippen LogP) is -1.20. The number of fused-ring (bicyclic) bond motifs is 2. The number of aromatic hydroxyl groups is 2. The Labute approximate surface area is 385 Å². The summed E-state index contributed by atoms with van der Waals surface area (Å²) in [6.07, 6.45) is -24.7. The maximum atomic E-state index is 14.8. The van der Waals surface area contributed by atoms with Crippen molar-refractivity contribution in [2.75, 3.05) is 7.11 Å². The van der Waals surface area contributed by atoms with Gasteiger partial charge < -0.3 is 98.8 Å². The highest BCUT2D eigenvalue weighted by Crippen LogP contribution is 2.47. The third-order valence-corrected chi connectivity index (χ3v) is 13.7. The molecule has 20 atom stereocenters. The van der Waals surface area contributed by atoms with E-state index < -0.39 is 158 Å². The molecule has 4 saturated heterocycles. The van der Waals surface area contributed by atoms with Gasteiger partial charge in [-0.05, 0) is 71.0 Å². The molecule has 2 aromatic rings. The molecule has 5 aliphatic rings. The molecule has 0 radical (unpaired) electrons. The Hall–Kier alpha value is -3.24. The first kappa shape index (κ1) is 51.6. The van der Waals surface area contributed by atoms with Crippen molar-refractivity contribution in [3.05, 3.63) is 28.8 Å². The van der Waals surface area contributed by atoms with Crippen LogP contribution in [0.1, 0.15) is 81.8 Å². The number of carbonyl (C=O) groups is 2. The fourth-order valence-electron chi connectivity index (χ4n) is 9.62. The van der Waals surface area contributed by atoms with Gasteiger partial charge in [0.25, 0.3) is 0 Å². The summed E-state index contributed by atoms with van der Waals surface area (Å²) in [6, 6.07) is 2.98. The Balaban J connectivity index is 1.19. The van der Waals surface area contributed by atoms with Gasteiger partial charge in [-0.25, -0.2) is 0 Å². The highest BCUT2D eigenvalue weighted by molar-refractivity contribution is 6.11. The standard InChI is InChI=1S/C45H64O22/c1-15-26(64-31-13-27(39(53)19(5)62-31)65-29-11-24(47)37(51)17(3)60-29)10-22-8-21-9-23(43(59-7)42(56)36(50)16(2)46)44(41(55)34(21)40(54)33(22)35(15)49)67-32-14-28(45(57,58)20(6)63-32)66-30-12-25(48)38(52)18(4)61-30/h8,10,16-20,23-25,27-32,36-39,43-44,46-54,57-58H,9,11-14H2,1-7H3. The number of carbonyl (C=O) groups excluding carboxylic acids is 2. The van der Waals surface area contributed by atoms with Crippen molar-refractivity contribution in [3.8, 4) is 17.2 Å². The Bertz CT molecular complexity index is 2070. The van der Waals surface area contributed by atoms with Crippen molar-refractivity contribution < 1.29 is 108 Å². The minimum Gasteiger partial charge on any atom is -0.507 e. The first-order chi connectivity index (χ1) is 31.4. The molecule has 4 aliphatic heterocycles. The van der Waals surface area contributed by atoms with Gasteiger partial charge in [0, 0.05) is 44.3 Å². The number of aliphatic hydroxyl groups excluding tert-OH is 7. The molecule has 22 nitrogen and oxygen atoms in total. The topological polar surface area (TPSA) is 340 Å². The Morgan fingerprint density at radius 1 is 0.761 bits per heavy atom. The minimum atomic E-state index is -2.66. The molecule has 0 aromatic heterocycles. The van der Waals surface area contributed by atoms with Crippen LogP contribution in [0.15, 0.2) is 12.1 Å². The highest BCUT2D eigenvalue weighted by atomic mass is 16.7. The van der Waals surface area contributed by atoms with Gasteiger partial charge in [0.05, 0.1) is 53.7 Å². The number of methoxy groups -OCH3 is 1. The van der Waals surface area contributed by atoms with Crippen molar-refractivity contribution >= 4 is 22.3 Å². The highest BCUT2D eigenvalue weighted by Gasteiger charge is 2.54. The van der Waals surface area contributed by atoms with Crippen LogP contribution < -0.4 is 4.74 Å². The average molecular weight is 957 g/mol. The number of phenolic OH excluding ortho intramolecular Hbond substituents is 2. The summed E-state index contributed by atoms with van der Waals surface area (Å²) in [4.78, 5) is 28.6. The number of Topliss-reactive ketones (excluding diaryl/α,β-unsaturated/α-hetero) is 2. The van der Waals surface area contributed by atoms with E-state index in [2.05, 4.69) is 0 Å². The normalized spacial score (nSPS) is 39.3. The number of hydrogen-bond acceptors (Lipinski definition) is 22. The first-order valence-corrected chi connectivity index (χ1v) is 22.5. The van der Waals surface area contributed by atoms with E-state index in [1.807, 2.05) is 0 Å². The predicted molar refractivity (Wildman–Crippen MR) is 225 cm³/mol. The summed E-state index contributed by atoms with van der Waals surface area (Å²) in [7, 11) is 1.15. The second-order valence-electron chi connectivity index (χ2n) is 18.5. The fourth-order valence-corrected chi connectivity index (χ4v) is 9.62. The molecule has 0 amide bonds. The largest absolute Gasteiger partial charge is 0.507 e. The van der Waals surface area contributed by atoms with E-state index in [1.165, 1.54) is 39.8 Å². The average Bonchev–Trinajstić information content (AvgIpc) is 3.25. The molecule has 22 heteroatoms. The van der Waals surface area contributed by atoms with E-state index in [-0.39, 0.29) is 58.9 Å². The second kappa shape index (κ2) is 20.2. The third kappa shape index (κ3) is 10.2. The number of hydrogen-bond donors (Lipinski definition) is 11. The molecule has 376 valence electrons. The van der Waals surface area contributed by atoms with Crippen molar-refractivity contribution in [1.29, 1.82) is 0 Å². The van der Waals surface area contributed by atoms with Crippen LogP contribution in [0.2, 0.25) is 0 Å². The summed E-state index contributed by atoms with van der Waals surface area (Å²) in [5.41, 5.74) is -0.00394. The van der Waals surface area contributed by atoms with Crippen LogP contribution in [0.3, 0.4) is 0 Å². The van der Waals surface area contributed by atoms with E-state index in [4.69, 9.17) is 42.6 Å². The first-order valence-electron chi connectivity index (χ1n) is 22.5. The summed E-state index contributed by atoms with van der Waals surface area (Å²) < 4.78 is 53.2.